The van der Waals surface area contributed by atoms with Crippen molar-refractivity contribution in [3.63, 3.8) is 0 Å². The minimum absolute atomic E-state index is 0.646. The summed E-state index contributed by atoms with van der Waals surface area (Å²) in [6.07, 6.45) is 5.45. The van der Waals surface area contributed by atoms with E-state index in [0.29, 0.717) is 23.7 Å². The lowest BCUT2D eigenvalue weighted by Crippen LogP contribution is -2.07. The number of nitrogens with zero attached hydrogens (tertiary/aromatic N) is 6. The summed E-state index contributed by atoms with van der Waals surface area (Å²) in [5, 5.41) is 11.5. The van der Waals surface area contributed by atoms with E-state index in [0.717, 1.165) is 28.6 Å². The molecule has 0 radical (unpaired) electrons. The minimum atomic E-state index is 0.646. The molecule has 7 nitrogen and oxygen atoms in total. The lowest BCUT2D eigenvalue weighted by Gasteiger charge is -2.12. The molecule has 3 heterocycles. The molecular formula is C21H21N7. The summed E-state index contributed by atoms with van der Waals surface area (Å²) in [6, 6.07) is 10.2. The van der Waals surface area contributed by atoms with Crippen molar-refractivity contribution in [3.05, 3.63) is 72.5 Å². The Morgan fingerprint density at radius 1 is 1.07 bits per heavy atom. The topological polar surface area (TPSA) is 72.9 Å². The standard InChI is InChI=1S/C21H21N7/c1-5-16-18(6-2)28(12-15-10-8-7-9-11-15)20(24-16)17-13-27-14(3)25-26-21(27)19(22-4)23-17/h5-11,13H,1-2,12H2,3-4H3,(H,22,23). The Kier molecular flexibility index (Phi) is 4.49. The van der Waals surface area contributed by atoms with Crippen LogP contribution in [0.2, 0.25) is 0 Å². The van der Waals surface area contributed by atoms with Crippen LogP contribution in [0.4, 0.5) is 5.82 Å². The fourth-order valence-electron chi connectivity index (χ4n) is 3.25. The third kappa shape index (κ3) is 2.87. The Morgan fingerprint density at radius 2 is 1.86 bits per heavy atom. The molecule has 4 rings (SSSR count). The Labute approximate surface area is 163 Å². The van der Waals surface area contributed by atoms with Crippen molar-refractivity contribution < 1.29 is 0 Å². The fraction of sp³-hybridized carbons (Fsp3) is 0.143. The smallest absolute Gasteiger partial charge is 0.203 e. The molecule has 0 bridgehead atoms. The van der Waals surface area contributed by atoms with E-state index in [4.69, 9.17) is 9.97 Å². The molecule has 1 N–H and O–H groups in total. The molecule has 4 aromatic rings. The predicted molar refractivity (Wildman–Crippen MR) is 112 cm³/mol. The van der Waals surface area contributed by atoms with Gasteiger partial charge in [0.15, 0.2) is 11.6 Å². The molecule has 0 saturated carbocycles. The van der Waals surface area contributed by atoms with Gasteiger partial charge in [0.1, 0.15) is 11.5 Å². The summed E-state index contributed by atoms with van der Waals surface area (Å²) in [6.45, 7) is 10.4. The number of imidazole rings is 1. The molecule has 0 spiro atoms. The summed E-state index contributed by atoms with van der Waals surface area (Å²) >= 11 is 0. The number of aryl methyl sites for hydroxylation is 1. The molecule has 28 heavy (non-hydrogen) atoms. The second-order valence-corrected chi connectivity index (χ2v) is 6.35. The lowest BCUT2D eigenvalue weighted by atomic mass is 10.2. The third-order valence-electron chi connectivity index (χ3n) is 4.63. The molecule has 7 heteroatoms. The molecule has 0 unspecified atom stereocenters. The average molecular weight is 371 g/mol. The molecule has 0 aliphatic carbocycles. The van der Waals surface area contributed by atoms with Crippen LogP contribution in [0, 0.1) is 6.92 Å². The van der Waals surface area contributed by atoms with Crippen molar-refractivity contribution in [2.75, 3.05) is 12.4 Å². The molecule has 0 fully saturated rings. The van der Waals surface area contributed by atoms with E-state index in [9.17, 15) is 0 Å². The number of benzene rings is 1. The van der Waals surface area contributed by atoms with E-state index in [1.807, 2.05) is 42.8 Å². The Bertz CT molecular complexity index is 1170. The highest BCUT2D eigenvalue weighted by molar-refractivity contribution is 5.69. The summed E-state index contributed by atoms with van der Waals surface area (Å²) in [4.78, 5) is 9.53. The third-order valence-corrected chi connectivity index (χ3v) is 4.63. The first-order valence-corrected chi connectivity index (χ1v) is 8.96. The second kappa shape index (κ2) is 7.11. The first-order chi connectivity index (χ1) is 13.7. The van der Waals surface area contributed by atoms with Gasteiger partial charge in [0.2, 0.25) is 5.65 Å². The van der Waals surface area contributed by atoms with E-state index in [1.165, 1.54) is 0 Å². The van der Waals surface area contributed by atoms with Gasteiger partial charge < -0.3 is 9.88 Å². The van der Waals surface area contributed by atoms with Crippen LogP contribution >= 0.6 is 0 Å². The molecule has 3 aromatic heterocycles. The van der Waals surface area contributed by atoms with Crippen molar-refractivity contribution >= 4 is 23.6 Å². The zero-order valence-electron chi connectivity index (χ0n) is 15.9. The van der Waals surface area contributed by atoms with E-state index < -0.39 is 0 Å². The van der Waals surface area contributed by atoms with Crippen LogP contribution in [0.1, 0.15) is 22.8 Å². The van der Waals surface area contributed by atoms with Crippen molar-refractivity contribution in [2.45, 2.75) is 13.5 Å². The Hall–Kier alpha value is -3.74. The van der Waals surface area contributed by atoms with E-state index in [1.54, 1.807) is 12.2 Å². The van der Waals surface area contributed by atoms with Gasteiger partial charge in [0.25, 0.3) is 0 Å². The Balaban J connectivity index is 1.95. The zero-order valence-corrected chi connectivity index (χ0v) is 15.9. The highest BCUT2D eigenvalue weighted by atomic mass is 15.3. The van der Waals surface area contributed by atoms with Gasteiger partial charge in [-0.3, -0.25) is 4.40 Å². The maximum absolute atomic E-state index is 4.79. The van der Waals surface area contributed by atoms with Gasteiger partial charge in [0, 0.05) is 19.8 Å². The molecule has 1 aromatic carbocycles. The lowest BCUT2D eigenvalue weighted by molar-refractivity contribution is 0.794. The molecule has 0 saturated heterocycles. The van der Waals surface area contributed by atoms with Gasteiger partial charge in [-0.1, -0.05) is 43.5 Å². The molecule has 0 atom stereocenters. The van der Waals surface area contributed by atoms with Gasteiger partial charge in [-0.15, -0.1) is 10.2 Å². The first-order valence-electron chi connectivity index (χ1n) is 8.96. The van der Waals surface area contributed by atoms with Crippen molar-refractivity contribution in [2.24, 2.45) is 0 Å². The number of anilines is 1. The van der Waals surface area contributed by atoms with Crippen molar-refractivity contribution in [1.29, 1.82) is 0 Å². The van der Waals surface area contributed by atoms with Crippen LogP contribution in [0.15, 0.2) is 49.7 Å². The molecule has 0 amide bonds. The highest BCUT2D eigenvalue weighted by Gasteiger charge is 2.19. The number of fused-ring (bicyclic) bond motifs is 1. The maximum atomic E-state index is 4.79. The van der Waals surface area contributed by atoms with Crippen LogP contribution in [0.25, 0.3) is 29.3 Å². The van der Waals surface area contributed by atoms with Crippen LogP contribution in [0.3, 0.4) is 0 Å². The molecule has 0 aliphatic rings. The van der Waals surface area contributed by atoms with Gasteiger partial charge in [-0.25, -0.2) is 9.97 Å². The Morgan fingerprint density at radius 3 is 2.54 bits per heavy atom. The number of nitrogens with one attached hydrogen (secondary N) is 1. The van der Waals surface area contributed by atoms with E-state index >= 15 is 0 Å². The molecule has 0 aliphatic heterocycles. The van der Waals surface area contributed by atoms with Gasteiger partial charge in [-0.05, 0) is 24.6 Å². The van der Waals surface area contributed by atoms with Gasteiger partial charge >= 0.3 is 0 Å². The SMILES string of the molecule is C=Cc1nc(-c2cn3c(C)nnc3c(NC)n2)n(Cc2ccccc2)c1C=C. The number of aromatic nitrogens is 6. The average Bonchev–Trinajstić information content (AvgIpc) is 3.28. The fourth-order valence-corrected chi connectivity index (χ4v) is 3.25. The summed E-state index contributed by atoms with van der Waals surface area (Å²) < 4.78 is 4.02. The van der Waals surface area contributed by atoms with Crippen LogP contribution in [-0.4, -0.2) is 36.2 Å². The minimum Gasteiger partial charge on any atom is -0.370 e. The zero-order chi connectivity index (χ0) is 19.7. The monoisotopic (exact) mass is 371 g/mol. The maximum Gasteiger partial charge on any atom is 0.203 e. The van der Waals surface area contributed by atoms with Crippen LogP contribution in [-0.2, 0) is 6.54 Å². The van der Waals surface area contributed by atoms with E-state index in [-0.39, 0.29) is 0 Å². The van der Waals surface area contributed by atoms with Gasteiger partial charge in [-0.2, -0.15) is 0 Å². The largest absolute Gasteiger partial charge is 0.370 e. The predicted octanol–water partition coefficient (Wildman–Crippen LogP) is 3.67. The summed E-state index contributed by atoms with van der Waals surface area (Å²) in [7, 11) is 1.82. The molecule has 140 valence electrons. The number of hydrogen-bond acceptors (Lipinski definition) is 5. The normalized spacial score (nSPS) is 10.9. The number of hydrogen-bond donors (Lipinski definition) is 1. The second-order valence-electron chi connectivity index (χ2n) is 6.35. The van der Waals surface area contributed by atoms with Crippen LogP contribution in [0.5, 0.6) is 0 Å². The summed E-state index contributed by atoms with van der Waals surface area (Å²) in [5.41, 5.74) is 4.23. The quantitative estimate of drug-likeness (QED) is 0.560. The summed E-state index contributed by atoms with van der Waals surface area (Å²) in [5.74, 6) is 2.16. The van der Waals surface area contributed by atoms with E-state index in [2.05, 4.69) is 45.4 Å². The van der Waals surface area contributed by atoms with Gasteiger partial charge in [0.05, 0.1) is 11.4 Å². The number of rotatable bonds is 6. The van der Waals surface area contributed by atoms with Crippen LogP contribution < -0.4 is 5.32 Å². The molecular weight excluding hydrogens is 350 g/mol. The highest BCUT2D eigenvalue weighted by Crippen LogP contribution is 2.26. The van der Waals surface area contributed by atoms with Crippen molar-refractivity contribution in [1.82, 2.24) is 29.1 Å². The van der Waals surface area contributed by atoms with Crippen molar-refractivity contribution in [3.8, 4) is 11.5 Å². The first kappa shape index (κ1) is 17.7.